The third-order valence-corrected chi connectivity index (χ3v) is 2.51. The molecule has 3 N–H and O–H groups in total. The first kappa shape index (κ1) is 11.2. The number of nitrogens with one attached hydrogen (secondary N) is 1. The van der Waals surface area contributed by atoms with Crippen molar-refractivity contribution in [2.45, 2.75) is 6.92 Å². The molecule has 0 fully saturated rings. The molecule has 1 amide bonds. The summed E-state index contributed by atoms with van der Waals surface area (Å²) in [5, 5.41) is 6.38. The number of nitrogen functional groups attached to an aromatic ring is 1. The van der Waals surface area contributed by atoms with Gasteiger partial charge < -0.3 is 10.6 Å². The number of amides is 1. The van der Waals surface area contributed by atoms with Crippen molar-refractivity contribution < 1.29 is 4.79 Å². The van der Waals surface area contributed by atoms with Crippen molar-refractivity contribution in [3.8, 4) is 0 Å². The number of H-pyrrole nitrogens is 1. The number of para-hydroxylation sites is 1. The van der Waals surface area contributed by atoms with Crippen molar-refractivity contribution in [2.75, 3.05) is 17.2 Å². The van der Waals surface area contributed by atoms with E-state index in [2.05, 4.69) is 10.2 Å². The maximum Gasteiger partial charge on any atom is 0.278 e. The van der Waals surface area contributed by atoms with Crippen LogP contribution in [0.4, 0.5) is 11.4 Å². The van der Waals surface area contributed by atoms with Crippen LogP contribution in [0.25, 0.3) is 0 Å². The Morgan fingerprint density at radius 2 is 2.12 bits per heavy atom. The smallest absolute Gasteiger partial charge is 0.278 e. The van der Waals surface area contributed by atoms with Gasteiger partial charge in [0.1, 0.15) is 5.69 Å². The molecule has 1 heterocycles. The van der Waals surface area contributed by atoms with Gasteiger partial charge in [0.2, 0.25) is 0 Å². The maximum atomic E-state index is 12.2. The molecule has 2 rings (SSSR count). The highest BCUT2D eigenvalue weighted by atomic mass is 16.2. The number of aromatic nitrogens is 2. The van der Waals surface area contributed by atoms with Crippen molar-refractivity contribution in [1.29, 1.82) is 0 Å². The summed E-state index contributed by atoms with van der Waals surface area (Å²) in [5.74, 6) is -0.172. The average molecular weight is 230 g/mol. The van der Waals surface area contributed by atoms with Crippen LogP contribution in [0, 0.1) is 0 Å². The second-order valence-corrected chi connectivity index (χ2v) is 3.59. The molecule has 0 atom stereocenters. The summed E-state index contributed by atoms with van der Waals surface area (Å²) in [5.41, 5.74) is 7.21. The van der Waals surface area contributed by atoms with E-state index in [1.807, 2.05) is 37.3 Å². The lowest BCUT2D eigenvalue weighted by molar-refractivity contribution is 0.0984. The number of nitrogens with two attached hydrogens (primary N) is 1. The predicted molar refractivity (Wildman–Crippen MR) is 66.8 cm³/mol. The Morgan fingerprint density at radius 1 is 1.41 bits per heavy atom. The van der Waals surface area contributed by atoms with E-state index in [0.717, 1.165) is 5.69 Å². The van der Waals surface area contributed by atoms with Gasteiger partial charge in [-0.3, -0.25) is 9.89 Å². The van der Waals surface area contributed by atoms with Gasteiger partial charge in [0.25, 0.3) is 5.91 Å². The quantitative estimate of drug-likeness (QED) is 0.842. The largest absolute Gasteiger partial charge is 0.396 e. The molecule has 0 unspecified atom stereocenters. The van der Waals surface area contributed by atoms with Crippen molar-refractivity contribution >= 4 is 17.3 Å². The summed E-state index contributed by atoms with van der Waals surface area (Å²) in [4.78, 5) is 13.9. The van der Waals surface area contributed by atoms with Crippen LogP contribution < -0.4 is 10.6 Å². The van der Waals surface area contributed by atoms with E-state index in [9.17, 15) is 4.79 Å². The summed E-state index contributed by atoms with van der Waals surface area (Å²) >= 11 is 0. The summed E-state index contributed by atoms with van der Waals surface area (Å²) in [6.07, 6.45) is 1.44. The maximum absolute atomic E-state index is 12.2. The van der Waals surface area contributed by atoms with Crippen molar-refractivity contribution in [1.82, 2.24) is 10.2 Å². The minimum absolute atomic E-state index is 0.172. The van der Waals surface area contributed by atoms with E-state index >= 15 is 0 Å². The highest BCUT2D eigenvalue weighted by molar-refractivity contribution is 6.07. The van der Waals surface area contributed by atoms with E-state index in [0.29, 0.717) is 17.9 Å². The van der Waals surface area contributed by atoms with Crippen molar-refractivity contribution in [3.05, 3.63) is 42.2 Å². The van der Waals surface area contributed by atoms with Gasteiger partial charge in [0.15, 0.2) is 0 Å². The molecule has 0 saturated heterocycles. The molecule has 0 aliphatic carbocycles. The van der Waals surface area contributed by atoms with E-state index in [1.54, 1.807) is 4.90 Å². The normalized spacial score (nSPS) is 10.2. The topological polar surface area (TPSA) is 75.0 Å². The molecule has 5 heteroatoms. The predicted octanol–water partition coefficient (Wildman–Crippen LogP) is 1.66. The Bertz CT molecular complexity index is 506. The molecule has 1 aromatic heterocycles. The fraction of sp³-hybridized carbons (Fsp3) is 0.167. The van der Waals surface area contributed by atoms with Crippen LogP contribution in [0.2, 0.25) is 0 Å². The molecule has 2 aromatic rings. The molecule has 0 radical (unpaired) electrons. The summed E-state index contributed by atoms with van der Waals surface area (Å²) in [6, 6.07) is 9.46. The van der Waals surface area contributed by atoms with E-state index in [4.69, 9.17) is 5.73 Å². The standard InChI is InChI=1S/C12H14N4O/c1-2-16(9-6-4-3-5-7-9)12(17)11-10(13)8-14-15-11/h3-8H,2,13H2,1H3,(H,14,15). The average Bonchev–Trinajstić information content (AvgIpc) is 2.77. The number of rotatable bonds is 3. The Kier molecular flexibility index (Phi) is 3.09. The van der Waals surface area contributed by atoms with E-state index < -0.39 is 0 Å². The number of anilines is 2. The highest BCUT2D eigenvalue weighted by Gasteiger charge is 2.19. The van der Waals surface area contributed by atoms with Gasteiger partial charge in [-0.05, 0) is 19.1 Å². The second-order valence-electron chi connectivity index (χ2n) is 3.59. The number of hydrogen-bond acceptors (Lipinski definition) is 3. The van der Waals surface area contributed by atoms with Crippen LogP contribution in [0.1, 0.15) is 17.4 Å². The Balaban J connectivity index is 2.32. The highest BCUT2D eigenvalue weighted by Crippen LogP contribution is 2.17. The molecule has 0 spiro atoms. The van der Waals surface area contributed by atoms with Gasteiger partial charge >= 0.3 is 0 Å². The minimum Gasteiger partial charge on any atom is -0.396 e. The Labute approximate surface area is 99.2 Å². The lowest BCUT2D eigenvalue weighted by Crippen LogP contribution is -2.31. The molecule has 88 valence electrons. The lowest BCUT2D eigenvalue weighted by Gasteiger charge is -2.20. The van der Waals surface area contributed by atoms with Crippen LogP contribution in [0.5, 0.6) is 0 Å². The van der Waals surface area contributed by atoms with Crippen LogP contribution in [-0.2, 0) is 0 Å². The minimum atomic E-state index is -0.172. The molecule has 17 heavy (non-hydrogen) atoms. The number of carbonyl (C=O) groups is 1. The SMILES string of the molecule is CCN(C(=O)c1[nH]ncc1N)c1ccccc1. The monoisotopic (exact) mass is 230 g/mol. The van der Waals surface area contributed by atoms with E-state index in [-0.39, 0.29) is 5.91 Å². The van der Waals surface area contributed by atoms with Gasteiger partial charge in [0, 0.05) is 12.2 Å². The first-order chi connectivity index (χ1) is 8.24. The fourth-order valence-electron chi connectivity index (χ4n) is 1.65. The van der Waals surface area contributed by atoms with E-state index in [1.165, 1.54) is 6.20 Å². The molecule has 1 aromatic carbocycles. The van der Waals surface area contributed by atoms with Crippen molar-refractivity contribution in [2.24, 2.45) is 0 Å². The van der Waals surface area contributed by atoms with Gasteiger partial charge in [-0.25, -0.2) is 0 Å². The Hall–Kier alpha value is -2.30. The summed E-state index contributed by atoms with van der Waals surface area (Å²) in [7, 11) is 0. The Morgan fingerprint density at radius 3 is 2.65 bits per heavy atom. The van der Waals surface area contributed by atoms with Gasteiger partial charge in [-0.1, -0.05) is 18.2 Å². The first-order valence-electron chi connectivity index (χ1n) is 5.39. The van der Waals surface area contributed by atoms with Crippen LogP contribution >= 0.6 is 0 Å². The van der Waals surface area contributed by atoms with Gasteiger partial charge in [0.05, 0.1) is 11.9 Å². The number of nitrogens with zero attached hydrogens (tertiary/aromatic N) is 2. The number of carbonyl (C=O) groups excluding carboxylic acids is 1. The molecular weight excluding hydrogens is 216 g/mol. The van der Waals surface area contributed by atoms with Gasteiger partial charge in [-0.15, -0.1) is 0 Å². The lowest BCUT2D eigenvalue weighted by atomic mass is 10.2. The fourth-order valence-corrected chi connectivity index (χ4v) is 1.65. The molecule has 0 aliphatic heterocycles. The summed E-state index contributed by atoms with van der Waals surface area (Å²) in [6.45, 7) is 2.48. The number of aromatic amines is 1. The van der Waals surface area contributed by atoms with Gasteiger partial charge in [-0.2, -0.15) is 5.10 Å². The molecule has 5 nitrogen and oxygen atoms in total. The van der Waals surface area contributed by atoms with Crippen molar-refractivity contribution in [3.63, 3.8) is 0 Å². The zero-order valence-electron chi connectivity index (χ0n) is 9.55. The molecule has 0 bridgehead atoms. The third kappa shape index (κ3) is 2.13. The van der Waals surface area contributed by atoms with Crippen LogP contribution in [0.3, 0.4) is 0 Å². The second kappa shape index (κ2) is 4.69. The molecule has 0 aliphatic rings. The number of hydrogen-bond donors (Lipinski definition) is 2. The molecule has 0 saturated carbocycles. The first-order valence-corrected chi connectivity index (χ1v) is 5.39. The zero-order valence-corrected chi connectivity index (χ0v) is 9.55. The zero-order chi connectivity index (χ0) is 12.3. The summed E-state index contributed by atoms with van der Waals surface area (Å²) < 4.78 is 0. The van der Waals surface area contributed by atoms with Crippen LogP contribution in [-0.4, -0.2) is 22.6 Å². The molecular formula is C12H14N4O. The third-order valence-electron chi connectivity index (χ3n) is 2.51. The van der Waals surface area contributed by atoms with Crippen LogP contribution in [0.15, 0.2) is 36.5 Å². The number of benzene rings is 1.